The number of carbonyl (C=O) groups excluding carboxylic acids is 1. The molecule has 0 aliphatic carbocycles. The lowest BCUT2D eigenvalue weighted by Gasteiger charge is -2.27. The first kappa shape index (κ1) is 18.4. The molecule has 2 atom stereocenters. The molecule has 1 aliphatic rings. The first-order valence-electron chi connectivity index (χ1n) is 8.91. The highest BCUT2D eigenvalue weighted by Gasteiger charge is 2.27. The van der Waals surface area contributed by atoms with E-state index in [1.807, 2.05) is 18.2 Å². The van der Waals surface area contributed by atoms with Gasteiger partial charge in [-0.05, 0) is 55.8 Å². The standard InChI is InChI=1S/C20H25N3O3/c1-26-17-9-7-15(8-10-17)20(25)22-18-14-23(12-4-6-19(18)24)13-16-5-2-3-11-21-16/h2-3,5,7-11,18-19,24H,4,6,12-14H2,1H3,(H,22,25)/t18-,19+/m0/s1. The van der Waals surface area contributed by atoms with Crippen LogP contribution in [0.1, 0.15) is 28.9 Å². The minimum absolute atomic E-state index is 0.184. The van der Waals surface area contributed by atoms with Crippen LogP contribution in [0.3, 0.4) is 0 Å². The second kappa shape index (κ2) is 8.78. The minimum atomic E-state index is -0.550. The van der Waals surface area contributed by atoms with Crippen LogP contribution in [0.4, 0.5) is 0 Å². The first-order valence-corrected chi connectivity index (χ1v) is 8.91. The molecule has 2 aromatic rings. The van der Waals surface area contributed by atoms with Gasteiger partial charge in [0.1, 0.15) is 5.75 Å². The monoisotopic (exact) mass is 355 g/mol. The Bertz CT molecular complexity index is 706. The van der Waals surface area contributed by atoms with E-state index in [1.165, 1.54) is 0 Å². The first-order chi connectivity index (χ1) is 12.7. The zero-order chi connectivity index (χ0) is 18.4. The van der Waals surface area contributed by atoms with E-state index in [2.05, 4.69) is 15.2 Å². The Hall–Kier alpha value is -2.44. The molecular weight excluding hydrogens is 330 g/mol. The summed E-state index contributed by atoms with van der Waals surface area (Å²) in [5.74, 6) is 0.522. The number of likely N-dealkylation sites (tertiary alicyclic amines) is 1. The molecule has 0 bridgehead atoms. The number of aliphatic hydroxyl groups excluding tert-OH is 1. The average molecular weight is 355 g/mol. The largest absolute Gasteiger partial charge is 0.497 e. The maximum absolute atomic E-state index is 12.5. The van der Waals surface area contributed by atoms with Gasteiger partial charge in [0.15, 0.2) is 0 Å². The number of aliphatic hydroxyl groups is 1. The number of carbonyl (C=O) groups is 1. The number of amides is 1. The lowest BCUT2D eigenvalue weighted by Crippen LogP contribution is -2.48. The van der Waals surface area contributed by atoms with Crippen LogP contribution in [0.2, 0.25) is 0 Å². The van der Waals surface area contributed by atoms with E-state index in [9.17, 15) is 9.90 Å². The molecule has 0 saturated carbocycles. The highest BCUT2D eigenvalue weighted by molar-refractivity contribution is 5.94. The van der Waals surface area contributed by atoms with Gasteiger partial charge in [-0.25, -0.2) is 0 Å². The average Bonchev–Trinajstić information content (AvgIpc) is 2.84. The summed E-state index contributed by atoms with van der Waals surface area (Å²) in [4.78, 5) is 19.1. The number of benzene rings is 1. The van der Waals surface area contributed by atoms with Crippen molar-refractivity contribution < 1.29 is 14.6 Å². The zero-order valence-electron chi connectivity index (χ0n) is 15.0. The molecule has 1 amide bonds. The van der Waals surface area contributed by atoms with Gasteiger partial charge >= 0.3 is 0 Å². The van der Waals surface area contributed by atoms with E-state index in [0.29, 0.717) is 30.8 Å². The maximum Gasteiger partial charge on any atom is 0.251 e. The van der Waals surface area contributed by atoms with E-state index in [0.717, 1.165) is 18.7 Å². The Morgan fingerprint density at radius 1 is 1.31 bits per heavy atom. The topological polar surface area (TPSA) is 74.7 Å². The second-order valence-corrected chi connectivity index (χ2v) is 6.57. The van der Waals surface area contributed by atoms with Crippen molar-refractivity contribution in [3.05, 3.63) is 59.9 Å². The molecule has 6 nitrogen and oxygen atoms in total. The number of pyridine rings is 1. The molecule has 26 heavy (non-hydrogen) atoms. The fourth-order valence-corrected chi connectivity index (χ4v) is 3.22. The zero-order valence-corrected chi connectivity index (χ0v) is 15.0. The van der Waals surface area contributed by atoms with Gasteiger partial charge in [-0.1, -0.05) is 6.07 Å². The quantitative estimate of drug-likeness (QED) is 0.856. The second-order valence-electron chi connectivity index (χ2n) is 6.57. The predicted molar refractivity (Wildman–Crippen MR) is 99.0 cm³/mol. The van der Waals surface area contributed by atoms with E-state index < -0.39 is 6.10 Å². The molecule has 2 heterocycles. The smallest absolute Gasteiger partial charge is 0.251 e. The van der Waals surface area contributed by atoms with Crippen molar-refractivity contribution in [1.29, 1.82) is 0 Å². The fraction of sp³-hybridized carbons (Fsp3) is 0.400. The molecule has 0 radical (unpaired) electrons. The lowest BCUT2D eigenvalue weighted by atomic mass is 10.1. The summed E-state index contributed by atoms with van der Waals surface area (Å²) in [5, 5.41) is 13.4. The Kier molecular flexibility index (Phi) is 6.20. The van der Waals surface area contributed by atoms with Gasteiger partial charge in [-0.15, -0.1) is 0 Å². The van der Waals surface area contributed by atoms with Crippen LogP contribution in [0.15, 0.2) is 48.7 Å². The Morgan fingerprint density at radius 2 is 2.12 bits per heavy atom. The van der Waals surface area contributed by atoms with Crippen LogP contribution in [0.5, 0.6) is 5.75 Å². The van der Waals surface area contributed by atoms with Crippen molar-refractivity contribution in [3.63, 3.8) is 0 Å². The number of nitrogens with zero attached hydrogens (tertiary/aromatic N) is 2. The minimum Gasteiger partial charge on any atom is -0.497 e. The molecular formula is C20H25N3O3. The molecule has 1 fully saturated rings. The van der Waals surface area contributed by atoms with E-state index in [-0.39, 0.29) is 11.9 Å². The third-order valence-corrected chi connectivity index (χ3v) is 4.67. The summed E-state index contributed by atoms with van der Waals surface area (Å²) >= 11 is 0. The van der Waals surface area contributed by atoms with Crippen molar-refractivity contribution in [3.8, 4) is 5.75 Å². The summed E-state index contributed by atoms with van der Waals surface area (Å²) in [6.07, 6.45) is 2.80. The molecule has 0 spiro atoms. The van der Waals surface area contributed by atoms with E-state index >= 15 is 0 Å². The Labute approximate surface area is 153 Å². The van der Waals surface area contributed by atoms with Crippen LogP contribution >= 0.6 is 0 Å². The molecule has 6 heteroatoms. The van der Waals surface area contributed by atoms with Gasteiger partial charge in [-0.2, -0.15) is 0 Å². The van der Waals surface area contributed by atoms with Crippen LogP contribution < -0.4 is 10.1 Å². The van der Waals surface area contributed by atoms with Crippen molar-refractivity contribution in [2.24, 2.45) is 0 Å². The summed E-state index contributed by atoms with van der Waals surface area (Å²) < 4.78 is 5.12. The van der Waals surface area contributed by atoms with Crippen LogP contribution in [0.25, 0.3) is 0 Å². The number of methoxy groups -OCH3 is 1. The molecule has 3 rings (SSSR count). The number of ether oxygens (including phenoxy) is 1. The van der Waals surface area contributed by atoms with Crippen molar-refractivity contribution in [2.75, 3.05) is 20.2 Å². The SMILES string of the molecule is COc1ccc(C(=O)N[C@H]2CN(Cc3ccccn3)CCC[C@H]2O)cc1. The van der Waals surface area contributed by atoms with Gasteiger partial charge in [0.25, 0.3) is 5.91 Å². The van der Waals surface area contributed by atoms with Crippen molar-refractivity contribution >= 4 is 5.91 Å². The summed E-state index contributed by atoms with van der Waals surface area (Å²) in [6, 6.07) is 12.5. The normalized spacial score (nSPS) is 21.0. The molecule has 1 aliphatic heterocycles. The Morgan fingerprint density at radius 3 is 2.81 bits per heavy atom. The van der Waals surface area contributed by atoms with Crippen molar-refractivity contribution in [2.45, 2.75) is 31.5 Å². The van der Waals surface area contributed by atoms with Crippen LogP contribution in [-0.2, 0) is 6.54 Å². The molecule has 1 aromatic carbocycles. The molecule has 1 saturated heterocycles. The molecule has 2 N–H and O–H groups in total. The number of nitrogens with one attached hydrogen (secondary N) is 1. The summed E-state index contributed by atoms with van der Waals surface area (Å²) in [7, 11) is 1.59. The summed E-state index contributed by atoms with van der Waals surface area (Å²) in [6.45, 7) is 2.19. The Balaban J connectivity index is 1.64. The highest BCUT2D eigenvalue weighted by Crippen LogP contribution is 2.16. The van der Waals surface area contributed by atoms with Gasteiger partial charge < -0.3 is 15.2 Å². The maximum atomic E-state index is 12.5. The number of hydrogen-bond donors (Lipinski definition) is 2. The number of hydrogen-bond acceptors (Lipinski definition) is 5. The number of aromatic nitrogens is 1. The third-order valence-electron chi connectivity index (χ3n) is 4.67. The third kappa shape index (κ3) is 4.80. The molecule has 138 valence electrons. The molecule has 0 unspecified atom stereocenters. The number of rotatable bonds is 5. The lowest BCUT2D eigenvalue weighted by molar-refractivity contribution is 0.0797. The van der Waals surface area contributed by atoms with Gasteiger partial charge in [0.2, 0.25) is 0 Å². The predicted octanol–water partition coefficient (Wildman–Crippen LogP) is 1.85. The van der Waals surface area contributed by atoms with Gasteiger partial charge in [0.05, 0.1) is 24.9 Å². The highest BCUT2D eigenvalue weighted by atomic mass is 16.5. The van der Waals surface area contributed by atoms with Gasteiger partial charge in [-0.3, -0.25) is 14.7 Å². The fourth-order valence-electron chi connectivity index (χ4n) is 3.22. The van der Waals surface area contributed by atoms with Crippen molar-refractivity contribution in [1.82, 2.24) is 15.2 Å². The molecule has 1 aromatic heterocycles. The van der Waals surface area contributed by atoms with Gasteiger partial charge in [0, 0.05) is 24.8 Å². The van der Waals surface area contributed by atoms with Crippen LogP contribution in [0, 0.1) is 0 Å². The summed E-state index contributed by atoms with van der Waals surface area (Å²) in [5.41, 5.74) is 1.54. The van der Waals surface area contributed by atoms with E-state index in [1.54, 1.807) is 37.6 Å². The van der Waals surface area contributed by atoms with E-state index in [4.69, 9.17) is 4.74 Å². The van der Waals surface area contributed by atoms with Crippen LogP contribution in [-0.4, -0.2) is 53.2 Å².